The van der Waals surface area contributed by atoms with E-state index in [1.807, 2.05) is 44.3 Å². The molecule has 0 unspecified atom stereocenters. The first-order valence-corrected chi connectivity index (χ1v) is 11.7. The van der Waals surface area contributed by atoms with Gasteiger partial charge in [0.05, 0.1) is 11.8 Å². The second-order valence-electron chi connectivity index (χ2n) is 9.67. The van der Waals surface area contributed by atoms with Crippen molar-refractivity contribution in [3.63, 3.8) is 0 Å². The molecule has 3 N–H and O–H groups in total. The molecule has 162 valence electrons. The van der Waals surface area contributed by atoms with E-state index < -0.39 is 6.10 Å². The lowest BCUT2D eigenvalue weighted by molar-refractivity contribution is -0.144. The highest BCUT2D eigenvalue weighted by Gasteiger charge is 2.54. The number of amides is 1. The van der Waals surface area contributed by atoms with E-state index in [-0.39, 0.29) is 35.0 Å². The molecule has 6 atom stereocenters. The third kappa shape index (κ3) is 3.65. The van der Waals surface area contributed by atoms with Crippen molar-refractivity contribution in [3.8, 4) is 0 Å². The van der Waals surface area contributed by atoms with E-state index in [1.165, 1.54) is 4.88 Å². The lowest BCUT2D eigenvalue weighted by Crippen LogP contribution is -2.53. The Bertz CT molecular complexity index is 914. The minimum atomic E-state index is -0.515. The molecule has 0 radical (unpaired) electrons. The maximum Gasteiger partial charge on any atom is 0.225 e. The van der Waals surface area contributed by atoms with Crippen LogP contribution in [0.3, 0.4) is 0 Å². The van der Waals surface area contributed by atoms with E-state index in [4.69, 9.17) is 5.73 Å². The van der Waals surface area contributed by atoms with Gasteiger partial charge in [-0.25, -0.2) is 4.98 Å². The number of nitrogens with two attached hydrogens (primary N) is 1. The normalized spacial score (nSPS) is 31.5. The summed E-state index contributed by atoms with van der Waals surface area (Å²) in [5.41, 5.74) is 8.20. The number of rotatable bonds is 4. The fourth-order valence-corrected chi connectivity index (χ4v) is 7.17. The molecule has 6 heteroatoms. The molecule has 1 heterocycles. The molecule has 0 bridgehead atoms. The number of nitrogen functional groups attached to an aromatic ring is 1. The Morgan fingerprint density at radius 1 is 1.40 bits per heavy atom. The minimum Gasteiger partial charge on any atom is -0.392 e. The Morgan fingerprint density at radius 2 is 2.10 bits per heavy atom. The van der Waals surface area contributed by atoms with Gasteiger partial charge in [-0.05, 0) is 42.1 Å². The molecule has 2 aliphatic rings. The monoisotopic (exact) mass is 427 g/mol. The number of nitrogens with zero attached hydrogens (tertiary/aromatic N) is 2. The van der Waals surface area contributed by atoms with Crippen molar-refractivity contribution in [2.24, 2.45) is 23.2 Å². The highest BCUT2D eigenvalue weighted by molar-refractivity contribution is 7.15. The number of hydrogen-bond donors (Lipinski definition) is 2. The van der Waals surface area contributed by atoms with Gasteiger partial charge < -0.3 is 15.7 Å². The van der Waals surface area contributed by atoms with Gasteiger partial charge in [-0.2, -0.15) is 0 Å². The number of aliphatic hydroxyl groups excluding tert-OH is 1. The van der Waals surface area contributed by atoms with Crippen molar-refractivity contribution < 1.29 is 9.90 Å². The van der Waals surface area contributed by atoms with Crippen molar-refractivity contribution in [1.29, 1.82) is 0 Å². The van der Waals surface area contributed by atoms with Gasteiger partial charge in [-0.3, -0.25) is 4.79 Å². The van der Waals surface area contributed by atoms with Crippen LogP contribution >= 0.6 is 11.3 Å². The molecule has 5 nitrogen and oxygen atoms in total. The Morgan fingerprint density at radius 3 is 2.80 bits per heavy atom. The number of carbonyl (C=O) groups is 1. The largest absolute Gasteiger partial charge is 0.392 e. The van der Waals surface area contributed by atoms with Gasteiger partial charge in [-0.15, -0.1) is 11.3 Å². The molecule has 1 saturated carbocycles. The molecule has 1 aromatic carbocycles. The number of aliphatic hydroxyl groups is 1. The summed E-state index contributed by atoms with van der Waals surface area (Å²) in [5, 5.41) is 12.1. The molecule has 0 spiro atoms. The third-order valence-corrected chi connectivity index (χ3v) is 8.51. The number of thiazole rings is 1. The zero-order chi connectivity index (χ0) is 21.6. The summed E-state index contributed by atoms with van der Waals surface area (Å²) in [6, 6.07) is 10.0. The summed E-state index contributed by atoms with van der Waals surface area (Å²) in [4.78, 5) is 20.9. The quantitative estimate of drug-likeness (QED) is 0.771. The van der Waals surface area contributed by atoms with Crippen molar-refractivity contribution in [2.45, 2.75) is 58.6 Å². The third-order valence-electron chi connectivity index (χ3n) is 7.61. The molecular weight excluding hydrogens is 394 g/mol. The molecule has 2 aromatic rings. The SMILES string of the molecule is C[C@H](C(=O)N(C)Cc1ccccc1)[C@H]1CC[C@]2(C)Cc3sc(N)nc3[C@H](C)[C@@H]2[C@H]1O. The second kappa shape index (κ2) is 7.97. The molecule has 30 heavy (non-hydrogen) atoms. The topological polar surface area (TPSA) is 79.5 Å². The highest BCUT2D eigenvalue weighted by atomic mass is 32.1. The Balaban J connectivity index is 1.51. The zero-order valence-electron chi connectivity index (χ0n) is 18.3. The fourth-order valence-electron chi connectivity index (χ4n) is 6.03. The van der Waals surface area contributed by atoms with Crippen LogP contribution in [-0.4, -0.2) is 34.0 Å². The number of fused-ring (bicyclic) bond motifs is 2. The van der Waals surface area contributed by atoms with Gasteiger partial charge in [-0.1, -0.05) is 51.1 Å². The van der Waals surface area contributed by atoms with Gasteiger partial charge in [0.1, 0.15) is 0 Å². The lowest BCUT2D eigenvalue weighted by Gasteiger charge is -2.53. The molecule has 0 saturated heterocycles. The van der Waals surface area contributed by atoms with Crippen molar-refractivity contribution >= 4 is 22.4 Å². The first kappa shape index (κ1) is 21.3. The summed E-state index contributed by atoms with van der Waals surface area (Å²) in [7, 11) is 1.86. The Labute approximate surface area is 183 Å². The van der Waals surface area contributed by atoms with Crippen LogP contribution in [0.25, 0.3) is 0 Å². The average molecular weight is 428 g/mol. The van der Waals surface area contributed by atoms with Gasteiger partial charge >= 0.3 is 0 Å². The molecule has 0 aliphatic heterocycles. The van der Waals surface area contributed by atoms with Gasteiger partial charge in [0, 0.05) is 30.3 Å². The molecule has 1 aromatic heterocycles. The lowest BCUT2D eigenvalue weighted by atomic mass is 9.53. The minimum absolute atomic E-state index is 0.0278. The second-order valence-corrected chi connectivity index (χ2v) is 10.8. The van der Waals surface area contributed by atoms with Crippen molar-refractivity contribution in [2.75, 3.05) is 12.8 Å². The van der Waals surface area contributed by atoms with E-state index in [0.717, 1.165) is 30.5 Å². The molecule has 1 amide bonds. The average Bonchev–Trinajstić information content (AvgIpc) is 3.07. The van der Waals surface area contributed by atoms with Crippen LogP contribution < -0.4 is 5.73 Å². The Hall–Kier alpha value is -1.92. The zero-order valence-corrected chi connectivity index (χ0v) is 19.2. The number of benzene rings is 1. The smallest absolute Gasteiger partial charge is 0.225 e. The summed E-state index contributed by atoms with van der Waals surface area (Å²) >= 11 is 1.59. The van der Waals surface area contributed by atoms with E-state index in [0.29, 0.717) is 11.7 Å². The van der Waals surface area contributed by atoms with E-state index in [9.17, 15) is 9.90 Å². The van der Waals surface area contributed by atoms with E-state index >= 15 is 0 Å². The Kier molecular flexibility index (Phi) is 5.66. The summed E-state index contributed by atoms with van der Waals surface area (Å²) in [6.07, 6.45) is 2.29. The van der Waals surface area contributed by atoms with Crippen LogP contribution in [0.4, 0.5) is 5.13 Å². The summed E-state index contributed by atoms with van der Waals surface area (Å²) < 4.78 is 0. The van der Waals surface area contributed by atoms with Crippen LogP contribution in [0.5, 0.6) is 0 Å². The summed E-state index contributed by atoms with van der Waals surface area (Å²) in [6.45, 7) is 7.03. The fraction of sp³-hybridized carbons (Fsp3) is 0.583. The first-order chi connectivity index (χ1) is 14.2. The molecule has 4 rings (SSSR count). The van der Waals surface area contributed by atoms with Crippen LogP contribution in [0.2, 0.25) is 0 Å². The number of anilines is 1. The van der Waals surface area contributed by atoms with Crippen LogP contribution in [0.1, 0.15) is 55.7 Å². The van der Waals surface area contributed by atoms with Crippen LogP contribution in [-0.2, 0) is 17.8 Å². The van der Waals surface area contributed by atoms with Crippen molar-refractivity contribution in [1.82, 2.24) is 9.88 Å². The summed E-state index contributed by atoms with van der Waals surface area (Å²) in [5.74, 6) is 0.101. The van der Waals surface area contributed by atoms with Crippen LogP contribution in [0.15, 0.2) is 30.3 Å². The number of hydrogen-bond acceptors (Lipinski definition) is 5. The molecular formula is C24H33N3O2S. The van der Waals surface area contributed by atoms with E-state index in [1.54, 1.807) is 16.2 Å². The van der Waals surface area contributed by atoms with Gasteiger partial charge in [0.15, 0.2) is 5.13 Å². The number of aromatic nitrogens is 1. The maximum atomic E-state index is 13.2. The van der Waals surface area contributed by atoms with Crippen molar-refractivity contribution in [3.05, 3.63) is 46.5 Å². The molecule has 2 aliphatic carbocycles. The van der Waals surface area contributed by atoms with Gasteiger partial charge in [0.25, 0.3) is 0 Å². The highest BCUT2D eigenvalue weighted by Crippen LogP contribution is 2.57. The van der Waals surface area contributed by atoms with Gasteiger partial charge in [0.2, 0.25) is 5.91 Å². The standard InChI is InChI=1S/C24H33N3O2S/c1-14(22(29)27(4)13-16-8-6-5-7-9-16)17-10-11-24(3)12-18-20(26-23(25)30-18)15(2)19(24)21(17)28/h5-9,14-15,17,19,21,28H,10-13H2,1-4H3,(H2,25,26)/t14-,15+,17+,19+,21-,24+/m0/s1. The predicted octanol–water partition coefficient (Wildman–Crippen LogP) is 4.07. The maximum absolute atomic E-state index is 13.2. The molecule has 1 fully saturated rings. The van der Waals surface area contributed by atoms with E-state index in [2.05, 4.69) is 18.8 Å². The van der Waals surface area contributed by atoms with Crippen LogP contribution in [0, 0.1) is 23.2 Å². The predicted molar refractivity (Wildman–Crippen MR) is 121 cm³/mol. The first-order valence-electron chi connectivity index (χ1n) is 10.9. The number of carbonyl (C=O) groups excluding carboxylic acids is 1.